The number of hydrogen-bond donors (Lipinski definition) is 1. The smallest absolute Gasteiger partial charge is 0.337 e. The van der Waals surface area contributed by atoms with Crippen LogP contribution in [0.4, 0.5) is 0 Å². The Morgan fingerprint density at radius 1 is 1.31 bits per heavy atom. The summed E-state index contributed by atoms with van der Waals surface area (Å²) in [4.78, 5) is 12.9. The Labute approximate surface area is 96.0 Å². The number of carboxylic acids is 1. The van der Waals surface area contributed by atoms with E-state index in [0.29, 0.717) is 5.57 Å². The number of benzene rings is 1. The summed E-state index contributed by atoms with van der Waals surface area (Å²) in [5.74, 6) is -0.902. The monoisotopic (exact) mass is 219 g/mol. The van der Waals surface area contributed by atoms with Gasteiger partial charge in [-0.3, -0.25) is 0 Å². The third kappa shape index (κ3) is 2.86. The van der Waals surface area contributed by atoms with Gasteiger partial charge in [-0.15, -0.1) is 0 Å². The van der Waals surface area contributed by atoms with Crippen LogP contribution in [-0.2, 0) is 4.79 Å². The summed E-state index contributed by atoms with van der Waals surface area (Å²) in [5.41, 5.74) is 3.21. The third-order valence-corrected chi connectivity index (χ3v) is 2.29. The molecule has 1 rings (SSSR count). The summed E-state index contributed by atoms with van der Waals surface area (Å²) in [6.45, 7) is 3.92. The zero-order valence-electron chi connectivity index (χ0n) is 10.1. The van der Waals surface area contributed by atoms with Gasteiger partial charge in [-0.25, -0.2) is 4.79 Å². The van der Waals surface area contributed by atoms with E-state index in [1.807, 2.05) is 46.1 Å². The molecule has 0 aliphatic rings. The first-order valence-electron chi connectivity index (χ1n) is 5.11. The second-order valence-corrected chi connectivity index (χ2v) is 4.13. The maximum Gasteiger partial charge on any atom is 0.337 e. The molecule has 0 aliphatic carbocycles. The van der Waals surface area contributed by atoms with Crippen LogP contribution in [0.3, 0.4) is 0 Å². The van der Waals surface area contributed by atoms with Crippen LogP contribution in [0, 0.1) is 13.8 Å². The van der Waals surface area contributed by atoms with Gasteiger partial charge in [0, 0.05) is 20.3 Å². The molecule has 0 aliphatic heterocycles. The van der Waals surface area contributed by atoms with Gasteiger partial charge < -0.3 is 10.0 Å². The first kappa shape index (κ1) is 12.3. The highest BCUT2D eigenvalue weighted by Crippen LogP contribution is 2.20. The maximum absolute atomic E-state index is 11.2. The summed E-state index contributed by atoms with van der Waals surface area (Å²) in [5, 5.41) is 9.17. The third-order valence-electron chi connectivity index (χ3n) is 2.29. The van der Waals surface area contributed by atoms with E-state index in [2.05, 4.69) is 0 Å². The number of hydrogen-bond acceptors (Lipinski definition) is 2. The van der Waals surface area contributed by atoms with Crippen LogP contribution in [0.5, 0.6) is 0 Å². The summed E-state index contributed by atoms with van der Waals surface area (Å²) in [6, 6.07) is 5.77. The molecular formula is C13H17NO2. The number of rotatable bonds is 3. The Hall–Kier alpha value is -1.77. The number of nitrogens with zero attached hydrogens (tertiary/aromatic N) is 1. The van der Waals surface area contributed by atoms with Gasteiger partial charge in [0.25, 0.3) is 0 Å². The Morgan fingerprint density at radius 2 is 1.94 bits per heavy atom. The first-order chi connectivity index (χ1) is 7.41. The van der Waals surface area contributed by atoms with Gasteiger partial charge in [0.05, 0.1) is 5.57 Å². The molecule has 0 amide bonds. The Bertz CT molecular complexity index is 434. The van der Waals surface area contributed by atoms with Crippen molar-refractivity contribution in [3.63, 3.8) is 0 Å². The van der Waals surface area contributed by atoms with Crippen molar-refractivity contribution in [2.24, 2.45) is 0 Å². The van der Waals surface area contributed by atoms with E-state index in [1.54, 1.807) is 11.1 Å². The average Bonchev–Trinajstić information content (AvgIpc) is 2.14. The van der Waals surface area contributed by atoms with Crippen molar-refractivity contribution in [3.8, 4) is 0 Å². The summed E-state index contributed by atoms with van der Waals surface area (Å²) < 4.78 is 0. The standard InChI is InChI=1S/C13H17NO2/c1-9-5-6-11(10(2)7-9)12(13(15)16)8-14(3)4/h5-8H,1-4H3,(H,15,16). The van der Waals surface area contributed by atoms with E-state index < -0.39 is 5.97 Å². The normalized spacial score (nSPS) is 11.4. The fourth-order valence-electron chi connectivity index (χ4n) is 1.61. The van der Waals surface area contributed by atoms with Gasteiger partial charge in [0.15, 0.2) is 0 Å². The molecule has 0 heterocycles. The Kier molecular flexibility index (Phi) is 3.72. The van der Waals surface area contributed by atoms with Gasteiger partial charge >= 0.3 is 5.97 Å². The van der Waals surface area contributed by atoms with Crippen molar-refractivity contribution in [1.29, 1.82) is 0 Å². The molecule has 1 aromatic carbocycles. The maximum atomic E-state index is 11.2. The van der Waals surface area contributed by atoms with Gasteiger partial charge in [0.2, 0.25) is 0 Å². The number of carbonyl (C=O) groups is 1. The molecule has 0 aromatic heterocycles. The minimum atomic E-state index is -0.902. The molecule has 0 unspecified atom stereocenters. The van der Waals surface area contributed by atoms with Crippen LogP contribution in [0.15, 0.2) is 24.4 Å². The van der Waals surface area contributed by atoms with Gasteiger partial charge in [-0.05, 0) is 25.0 Å². The van der Waals surface area contributed by atoms with Crippen LogP contribution < -0.4 is 0 Å². The van der Waals surface area contributed by atoms with Crippen LogP contribution in [0.2, 0.25) is 0 Å². The zero-order valence-corrected chi connectivity index (χ0v) is 10.1. The van der Waals surface area contributed by atoms with Crippen LogP contribution >= 0.6 is 0 Å². The Balaban J connectivity index is 3.27. The highest BCUT2D eigenvalue weighted by Gasteiger charge is 2.12. The van der Waals surface area contributed by atoms with E-state index in [1.165, 1.54) is 0 Å². The predicted molar refractivity (Wildman–Crippen MR) is 65.2 cm³/mol. The molecule has 1 aromatic rings. The van der Waals surface area contributed by atoms with Crippen molar-refractivity contribution in [2.45, 2.75) is 13.8 Å². The molecular weight excluding hydrogens is 202 g/mol. The molecule has 16 heavy (non-hydrogen) atoms. The van der Waals surface area contributed by atoms with E-state index in [9.17, 15) is 9.90 Å². The number of aryl methyl sites for hydroxylation is 2. The van der Waals surface area contributed by atoms with Crippen molar-refractivity contribution in [1.82, 2.24) is 4.90 Å². The first-order valence-corrected chi connectivity index (χ1v) is 5.11. The molecule has 0 atom stereocenters. The van der Waals surface area contributed by atoms with Crippen molar-refractivity contribution in [3.05, 3.63) is 41.1 Å². The minimum absolute atomic E-state index is 0.322. The van der Waals surface area contributed by atoms with E-state index >= 15 is 0 Å². The fraction of sp³-hybridized carbons (Fsp3) is 0.308. The highest BCUT2D eigenvalue weighted by molar-refractivity contribution is 6.15. The van der Waals surface area contributed by atoms with Crippen molar-refractivity contribution < 1.29 is 9.90 Å². The molecule has 3 nitrogen and oxygen atoms in total. The second-order valence-electron chi connectivity index (χ2n) is 4.13. The lowest BCUT2D eigenvalue weighted by Crippen LogP contribution is -2.09. The topological polar surface area (TPSA) is 40.5 Å². The largest absolute Gasteiger partial charge is 0.478 e. The lowest BCUT2D eigenvalue weighted by molar-refractivity contribution is -0.130. The summed E-state index contributed by atoms with van der Waals surface area (Å²) in [7, 11) is 3.62. The van der Waals surface area contributed by atoms with Crippen molar-refractivity contribution >= 4 is 11.5 Å². The van der Waals surface area contributed by atoms with Gasteiger partial charge in [-0.1, -0.05) is 23.8 Å². The average molecular weight is 219 g/mol. The quantitative estimate of drug-likeness (QED) is 0.793. The molecule has 1 N–H and O–H groups in total. The minimum Gasteiger partial charge on any atom is -0.478 e. The predicted octanol–water partition coefficient (Wildman–Crippen LogP) is 2.29. The van der Waals surface area contributed by atoms with Crippen LogP contribution in [0.25, 0.3) is 5.57 Å². The SMILES string of the molecule is Cc1ccc(C(=CN(C)C)C(=O)O)c(C)c1. The number of carboxylic acid groups (broad SMARTS) is 1. The molecule has 3 heteroatoms. The van der Waals surface area contributed by atoms with E-state index in [4.69, 9.17) is 0 Å². The molecule has 0 spiro atoms. The second kappa shape index (κ2) is 4.84. The molecule has 0 bridgehead atoms. The highest BCUT2D eigenvalue weighted by atomic mass is 16.4. The molecule has 0 radical (unpaired) electrons. The summed E-state index contributed by atoms with van der Waals surface area (Å²) >= 11 is 0. The zero-order chi connectivity index (χ0) is 12.3. The van der Waals surface area contributed by atoms with E-state index in [-0.39, 0.29) is 0 Å². The lowest BCUT2D eigenvalue weighted by atomic mass is 9.99. The summed E-state index contributed by atoms with van der Waals surface area (Å²) in [6.07, 6.45) is 1.62. The van der Waals surface area contributed by atoms with Gasteiger partial charge in [-0.2, -0.15) is 0 Å². The van der Waals surface area contributed by atoms with Gasteiger partial charge in [0.1, 0.15) is 0 Å². The Morgan fingerprint density at radius 3 is 2.38 bits per heavy atom. The molecule has 0 saturated carbocycles. The van der Waals surface area contributed by atoms with Crippen LogP contribution in [-0.4, -0.2) is 30.1 Å². The molecule has 0 saturated heterocycles. The molecule has 86 valence electrons. The molecule has 0 fully saturated rings. The number of aliphatic carboxylic acids is 1. The lowest BCUT2D eigenvalue weighted by Gasteiger charge is -2.11. The van der Waals surface area contributed by atoms with Crippen molar-refractivity contribution in [2.75, 3.05) is 14.1 Å². The van der Waals surface area contributed by atoms with E-state index in [0.717, 1.165) is 16.7 Å². The van der Waals surface area contributed by atoms with Crippen LogP contribution in [0.1, 0.15) is 16.7 Å². The fourth-order valence-corrected chi connectivity index (χ4v) is 1.61.